The molecule has 3 nitrogen and oxygen atoms in total. The van der Waals surface area contributed by atoms with Gasteiger partial charge in [0.15, 0.2) is 0 Å². The van der Waals surface area contributed by atoms with E-state index < -0.39 is 0 Å². The molecule has 3 aliphatic rings. The molecule has 29 heavy (non-hydrogen) atoms. The Morgan fingerprint density at radius 2 is 1.90 bits per heavy atom. The van der Waals surface area contributed by atoms with Crippen LogP contribution < -0.4 is 11.1 Å². The second-order valence-electron chi connectivity index (χ2n) is 10.3. The lowest BCUT2D eigenvalue weighted by molar-refractivity contribution is -0.136. The molecule has 0 heterocycles. The van der Waals surface area contributed by atoms with E-state index in [0.29, 0.717) is 18.0 Å². The number of carbonyl (C=O) groups is 1. The smallest absolute Gasteiger partial charge is 0.226 e. The molecule has 1 aromatic rings. The Balaban J connectivity index is 1.59. The van der Waals surface area contributed by atoms with E-state index >= 15 is 0 Å². The number of nitrogens with one attached hydrogen (secondary N) is 1. The van der Waals surface area contributed by atoms with Crippen LogP contribution in [0, 0.1) is 11.3 Å². The number of nitrogens with two attached hydrogens (primary N) is 1. The summed E-state index contributed by atoms with van der Waals surface area (Å²) in [6.07, 6.45) is 13.2. The van der Waals surface area contributed by atoms with Crippen LogP contribution in [-0.4, -0.2) is 18.0 Å². The minimum Gasteiger partial charge on any atom is -0.353 e. The molecule has 3 aliphatic carbocycles. The number of fused-ring (bicyclic) bond motifs is 2. The third kappa shape index (κ3) is 4.17. The predicted octanol–water partition coefficient (Wildman–Crippen LogP) is 5.25. The summed E-state index contributed by atoms with van der Waals surface area (Å²) in [7, 11) is 0. The molecule has 3 saturated carbocycles. The van der Waals surface area contributed by atoms with Crippen molar-refractivity contribution in [1.82, 2.24) is 5.32 Å². The maximum atomic E-state index is 13.6. The van der Waals surface area contributed by atoms with Gasteiger partial charge in [-0.3, -0.25) is 4.79 Å². The lowest BCUT2D eigenvalue weighted by Gasteiger charge is -2.53. The predicted molar refractivity (Wildman–Crippen MR) is 120 cm³/mol. The lowest BCUT2D eigenvalue weighted by atomic mass is 9.51. The molecular weight excluding hydrogens is 356 g/mol. The summed E-state index contributed by atoms with van der Waals surface area (Å²) in [5.41, 5.74) is 8.93. The van der Waals surface area contributed by atoms with Crippen LogP contribution >= 0.6 is 0 Å². The van der Waals surface area contributed by atoms with Crippen LogP contribution in [0.15, 0.2) is 42.0 Å². The van der Waals surface area contributed by atoms with Gasteiger partial charge >= 0.3 is 0 Å². The van der Waals surface area contributed by atoms with E-state index in [1.54, 1.807) is 5.57 Å². The average molecular weight is 395 g/mol. The Hall–Kier alpha value is -1.61. The van der Waals surface area contributed by atoms with E-state index in [2.05, 4.69) is 55.6 Å². The van der Waals surface area contributed by atoms with Gasteiger partial charge in [-0.25, -0.2) is 0 Å². The Labute approximate surface area is 176 Å². The van der Waals surface area contributed by atoms with Gasteiger partial charge in [0.1, 0.15) is 0 Å². The zero-order chi connectivity index (χ0) is 20.5. The standard InChI is InChI=1S/C26H38N2O/c1-3-7-19-14-15-26(21-8-5-4-6-9-21)17-20(19)16-25(2,18-26)24(29)28-23-12-10-22(27)11-13-23/h4-9,20,22-23H,3,10-18,27H2,1-2H3,(H,28,29)/b19-7+/t20?,22-,23-,25?,26?. The summed E-state index contributed by atoms with van der Waals surface area (Å²) in [6, 6.07) is 11.6. The van der Waals surface area contributed by atoms with E-state index in [4.69, 9.17) is 5.73 Å². The summed E-state index contributed by atoms with van der Waals surface area (Å²) in [5.74, 6) is 0.814. The highest BCUT2D eigenvalue weighted by Gasteiger charge is 2.53. The summed E-state index contributed by atoms with van der Waals surface area (Å²) in [6.45, 7) is 4.46. The monoisotopic (exact) mass is 394 g/mol. The van der Waals surface area contributed by atoms with Crippen LogP contribution in [0.2, 0.25) is 0 Å². The minimum absolute atomic E-state index is 0.135. The van der Waals surface area contributed by atoms with Crippen LogP contribution in [0.1, 0.15) is 83.6 Å². The van der Waals surface area contributed by atoms with Crippen molar-refractivity contribution < 1.29 is 4.79 Å². The Morgan fingerprint density at radius 3 is 2.59 bits per heavy atom. The van der Waals surface area contributed by atoms with Gasteiger partial charge in [0.25, 0.3) is 0 Å². The summed E-state index contributed by atoms with van der Waals surface area (Å²) in [5, 5.41) is 3.44. The lowest BCUT2D eigenvalue weighted by Crippen LogP contribution is -2.53. The van der Waals surface area contributed by atoms with Crippen LogP contribution in [0.5, 0.6) is 0 Å². The molecule has 0 saturated heterocycles. The number of benzene rings is 1. The SMILES string of the molecule is CC/C=C1\CCC2(c3ccccc3)CC1CC(C)(C(=O)N[C@H]1CC[C@H](N)CC1)C2. The average Bonchev–Trinajstić information content (AvgIpc) is 2.72. The Kier molecular flexibility index (Phi) is 5.88. The molecular formula is C26H38N2O. The molecule has 158 valence electrons. The molecule has 3 unspecified atom stereocenters. The molecule has 0 radical (unpaired) electrons. The van der Waals surface area contributed by atoms with Crippen molar-refractivity contribution in [2.75, 3.05) is 0 Å². The molecule has 1 aromatic carbocycles. The zero-order valence-corrected chi connectivity index (χ0v) is 18.3. The first kappa shape index (κ1) is 20.7. The maximum absolute atomic E-state index is 13.6. The van der Waals surface area contributed by atoms with E-state index in [0.717, 1.165) is 44.9 Å². The van der Waals surface area contributed by atoms with E-state index in [9.17, 15) is 4.79 Å². The van der Waals surface area contributed by atoms with Crippen LogP contribution in [0.4, 0.5) is 0 Å². The quantitative estimate of drug-likeness (QED) is 0.686. The van der Waals surface area contributed by atoms with Crippen molar-refractivity contribution in [2.45, 2.75) is 95.6 Å². The van der Waals surface area contributed by atoms with Crippen molar-refractivity contribution in [3.05, 3.63) is 47.5 Å². The van der Waals surface area contributed by atoms with Crippen molar-refractivity contribution >= 4 is 5.91 Å². The van der Waals surface area contributed by atoms with Crippen LogP contribution in [0.25, 0.3) is 0 Å². The van der Waals surface area contributed by atoms with Crippen molar-refractivity contribution in [3.8, 4) is 0 Å². The highest BCUT2D eigenvalue weighted by atomic mass is 16.2. The third-order valence-electron chi connectivity index (χ3n) is 7.99. The summed E-state index contributed by atoms with van der Waals surface area (Å²) < 4.78 is 0. The minimum atomic E-state index is -0.300. The number of amides is 1. The van der Waals surface area contributed by atoms with Gasteiger partial charge in [0.05, 0.1) is 0 Å². The fourth-order valence-electron chi connectivity index (χ4n) is 6.50. The third-order valence-corrected chi connectivity index (χ3v) is 7.99. The van der Waals surface area contributed by atoms with Gasteiger partial charge in [-0.1, -0.05) is 55.8 Å². The normalized spacial score (nSPS) is 38.6. The Bertz CT molecular complexity index is 749. The number of hydrogen-bond acceptors (Lipinski definition) is 2. The zero-order valence-electron chi connectivity index (χ0n) is 18.3. The van der Waals surface area contributed by atoms with Crippen molar-refractivity contribution in [2.24, 2.45) is 17.1 Å². The largest absolute Gasteiger partial charge is 0.353 e. The molecule has 2 bridgehead atoms. The molecule has 0 aliphatic heterocycles. The molecule has 3 atom stereocenters. The molecule has 3 N–H and O–H groups in total. The molecule has 3 heteroatoms. The van der Waals surface area contributed by atoms with E-state index in [1.807, 2.05) is 0 Å². The first-order valence-corrected chi connectivity index (χ1v) is 11.8. The molecule has 0 aromatic heterocycles. The second-order valence-corrected chi connectivity index (χ2v) is 10.3. The van der Waals surface area contributed by atoms with Crippen LogP contribution in [-0.2, 0) is 10.2 Å². The van der Waals surface area contributed by atoms with Gasteiger partial charge in [0, 0.05) is 17.5 Å². The highest BCUT2D eigenvalue weighted by Crippen LogP contribution is 2.58. The molecule has 0 spiro atoms. The van der Waals surface area contributed by atoms with Gasteiger partial charge < -0.3 is 11.1 Å². The van der Waals surface area contributed by atoms with E-state index in [1.165, 1.54) is 24.8 Å². The Morgan fingerprint density at radius 1 is 1.17 bits per heavy atom. The van der Waals surface area contributed by atoms with E-state index in [-0.39, 0.29) is 16.7 Å². The van der Waals surface area contributed by atoms with Gasteiger partial charge in [-0.15, -0.1) is 0 Å². The summed E-state index contributed by atoms with van der Waals surface area (Å²) >= 11 is 0. The number of hydrogen-bond donors (Lipinski definition) is 2. The highest BCUT2D eigenvalue weighted by molar-refractivity contribution is 5.83. The molecule has 4 rings (SSSR count). The fraction of sp³-hybridized carbons (Fsp3) is 0.654. The molecule has 3 fully saturated rings. The maximum Gasteiger partial charge on any atom is 0.226 e. The van der Waals surface area contributed by atoms with Crippen molar-refractivity contribution in [1.29, 1.82) is 0 Å². The van der Waals surface area contributed by atoms with Crippen LogP contribution in [0.3, 0.4) is 0 Å². The topological polar surface area (TPSA) is 55.1 Å². The van der Waals surface area contributed by atoms with Gasteiger partial charge in [-0.2, -0.15) is 0 Å². The summed E-state index contributed by atoms with van der Waals surface area (Å²) in [4.78, 5) is 13.6. The van der Waals surface area contributed by atoms with Gasteiger partial charge in [0.2, 0.25) is 5.91 Å². The first-order chi connectivity index (χ1) is 13.9. The number of rotatable bonds is 4. The number of carbonyl (C=O) groups excluding carboxylic acids is 1. The first-order valence-electron chi connectivity index (χ1n) is 11.8. The van der Waals surface area contributed by atoms with Gasteiger partial charge in [-0.05, 0) is 81.1 Å². The number of allylic oxidation sites excluding steroid dienone is 2. The fourth-order valence-corrected chi connectivity index (χ4v) is 6.50. The second kappa shape index (κ2) is 8.26. The van der Waals surface area contributed by atoms with Crippen molar-refractivity contribution in [3.63, 3.8) is 0 Å². The molecule has 1 amide bonds.